The minimum Gasteiger partial charge on any atom is -0.354 e. The molecule has 0 radical (unpaired) electrons. The van der Waals surface area contributed by atoms with Crippen molar-refractivity contribution < 1.29 is 0 Å². The highest BCUT2D eigenvalue weighted by Crippen LogP contribution is 2.39. The Morgan fingerprint density at radius 3 is 2.23 bits per heavy atom. The Bertz CT molecular complexity index is 1200. The Morgan fingerprint density at radius 2 is 1.31 bits per heavy atom. The molecule has 1 nitrogen and oxygen atoms in total. The highest BCUT2D eigenvalue weighted by atomic mass is 32.1. The molecule has 26 heavy (non-hydrogen) atoms. The fraction of sp³-hybridized carbons (Fsp3) is 0. The van der Waals surface area contributed by atoms with Crippen molar-refractivity contribution in [3.63, 3.8) is 0 Å². The van der Waals surface area contributed by atoms with E-state index >= 15 is 0 Å². The second kappa shape index (κ2) is 6.32. The van der Waals surface area contributed by atoms with Crippen LogP contribution in [0.5, 0.6) is 0 Å². The molecule has 5 aromatic rings. The Balaban J connectivity index is 1.58. The number of fused-ring (bicyclic) bond motifs is 3. The van der Waals surface area contributed by atoms with E-state index in [0.717, 1.165) is 11.4 Å². The Kier molecular flexibility index (Phi) is 3.69. The lowest BCUT2D eigenvalue weighted by Crippen LogP contribution is -1.90. The van der Waals surface area contributed by atoms with Crippen molar-refractivity contribution in [3.8, 4) is 11.1 Å². The summed E-state index contributed by atoms with van der Waals surface area (Å²) in [5, 5.41) is 6.27. The quantitative estimate of drug-likeness (QED) is 0.355. The van der Waals surface area contributed by atoms with Crippen molar-refractivity contribution in [1.29, 1.82) is 0 Å². The summed E-state index contributed by atoms with van der Waals surface area (Å²) < 4.78 is 2.63. The first kappa shape index (κ1) is 15.2. The summed E-state index contributed by atoms with van der Waals surface area (Å²) in [4.78, 5) is 0. The van der Waals surface area contributed by atoms with Crippen LogP contribution in [0.2, 0.25) is 0 Å². The summed E-state index contributed by atoms with van der Waals surface area (Å²) >= 11 is 1.85. The first-order valence-corrected chi connectivity index (χ1v) is 9.53. The highest BCUT2D eigenvalue weighted by Gasteiger charge is 2.08. The predicted octanol–water partition coefficient (Wildman–Crippen LogP) is 7.47. The van der Waals surface area contributed by atoms with Crippen molar-refractivity contribution in [2.75, 3.05) is 5.32 Å². The second-order valence-electron chi connectivity index (χ2n) is 6.35. The molecule has 0 aliphatic heterocycles. The van der Waals surface area contributed by atoms with Crippen molar-refractivity contribution in [1.82, 2.24) is 0 Å². The van der Waals surface area contributed by atoms with Crippen molar-refractivity contribution in [2.24, 2.45) is 0 Å². The number of rotatable bonds is 3. The van der Waals surface area contributed by atoms with E-state index in [4.69, 9.17) is 0 Å². The van der Waals surface area contributed by atoms with Gasteiger partial charge >= 0.3 is 0 Å². The van der Waals surface area contributed by atoms with Gasteiger partial charge in [-0.1, -0.05) is 72.8 Å². The first-order chi connectivity index (χ1) is 12.9. The minimum atomic E-state index is 1.11. The molecule has 1 N–H and O–H groups in total. The fourth-order valence-corrected chi connectivity index (χ4v) is 4.58. The van der Waals surface area contributed by atoms with Crippen LogP contribution in [0, 0.1) is 0 Å². The Labute approximate surface area is 156 Å². The number of hydrogen-bond acceptors (Lipinski definition) is 2. The van der Waals surface area contributed by atoms with Crippen LogP contribution >= 0.6 is 11.3 Å². The number of benzene rings is 4. The Hall–Kier alpha value is -3.10. The van der Waals surface area contributed by atoms with Gasteiger partial charge in [0.05, 0.1) is 10.4 Å². The molecule has 0 bridgehead atoms. The molecule has 0 aliphatic rings. The summed E-state index contributed by atoms with van der Waals surface area (Å²) in [5.74, 6) is 0. The predicted molar refractivity (Wildman–Crippen MR) is 114 cm³/mol. The standard InChI is InChI=1S/C24H17NS/c1-2-8-17(9-3-1)18-10-6-11-19(16-18)25-22-14-7-13-21-20-12-4-5-15-23(20)26-24(21)22/h1-16,25H. The molecule has 4 aromatic carbocycles. The molecule has 124 valence electrons. The third-order valence-electron chi connectivity index (χ3n) is 4.65. The van der Waals surface area contributed by atoms with Gasteiger partial charge in [-0.15, -0.1) is 11.3 Å². The van der Waals surface area contributed by atoms with E-state index in [0.29, 0.717) is 0 Å². The SMILES string of the molecule is c1ccc(-c2cccc(Nc3cccc4c3sc3ccccc34)c2)cc1. The van der Waals surface area contributed by atoms with Crippen molar-refractivity contribution in [3.05, 3.63) is 97.1 Å². The molecular formula is C24H17NS. The van der Waals surface area contributed by atoms with E-state index in [9.17, 15) is 0 Å². The number of thiophene rings is 1. The van der Waals surface area contributed by atoms with E-state index in [1.807, 2.05) is 17.4 Å². The summed E-state index contributed by atoms with van der Waals surface area (Å²) in [6.07, 6.45) is 0. The van der Waals surface area contributed by atoms with Gasteiger partial charge in [0.2, 0.25) is 0 Å². The highest BCUT2D eigenvalue weighted by molar-refractivity contribution is 7.26. The van der Waals surface area contributed by atoms with E-state index in [1.165, 1.54) is 31.3 Å². The van der Waals surface area contributed by atoms with Crippen molar-refractivity contribution in [2.45, 2.75) is 0 Å². The second-order valence-corrected chi connectivity index (χ2v) is 7.40. The maximum absolute atomic E-state index is 3.63. The van der Waals surface area contributed by atoms with Crippen LogP contribution in [0.4, 0.5) is 11.4 Å². The largest absolute Gasteiger partial charge is 0.354 e. The zero-order chi connectivity index (χ0) is 17.3. The lowest BCUT2D eigenvalue weighted by molar-refractivity contribution is 1.57. The van der Waals surface area contributed by atoms with Crippen LogP contribution in [0.1, 0.15) is 0 Å². The molecule has 0 saturated heterocycles. The van der Waals surface area contributed by atoms with Gasteiger partial charge in [-0.3, -0.25) is 0 Å². The summed E-state index contributed by atoms with van der Waals surface area (Å²) in [6.45, 7) is 0. The van der Waals surface area contributed by atoms with E-state index in [1.54, 1.807) is 0 Å². The van der Waals surface area contributed by atoms with Crippen LogP contribution in [-0.2, 0) is 0 Å². The molecule has 1 heterocycles. The third-order valence-corrected chi connectivity index (χ3v) is 5.87. The van der Waals surface area contributed by atoms with Crippen LogP contribution < -0.4 is 5.32 Å². The van der Waals surface area contributed by atoms with E-state index in [-0.39, 0.29) is 0 Å². The van der Waals surface area contributed by atoms with Gasteiger partial charge in [-0.2, -0.15) is 0 Å². The first-order valence-electron chi connectivity index (χ1n) is 8.71. The molecule has 0 amide bonds. The minimum absolute atomic E-state index is 1.11. The van der Waals surface area contributed by atoms with Crippen molar-refractivity contribution >= 4 is 42.9 Å². The molecule has 0 atom stereocenters. The van der Waals surface area contributed by atoms with Gasteiger partial charge in [0.1, 0.15) is 0 Å². The average Bonchev–Trinajstić information content (AvgIpc) is 3.09. The molecule has 0 fully saturated rings. The van der Waals surface area contributed by atoms with Crippen LogP contribution in [-0.4, -0.2) is 0 Å². The van der Waals surface area contributed by atoms with E-state index < -0.39 is 0 Å². The molecule has 0 aliphatic carbocycles. The lowest BCUT2D eigenvalue weighted by atomic mass is 10.1. The molecule has 2 heteroatoms. The fourth-order valence-electron chi connectivity index (χ4n) is 3.41. The maximum atomic E-state index is 3.63. The summed E-state index contributed by atoms with van der Waals surface area (Å²) in [6, 6.07) is 34.2. The molecule has 0 saturated carbocycles. The zero-order valence-electron chi connectivity index (χ0n) is 14.1. The molecule has 5 rings (SSSR count). The summed E-state index contributed by atoms with van der Waals surface area (Å²) in [7, 11) is 0. The van der Waals surface area contributed by atoms with Crippen LogP contribution in [0.15, 0.2) is 97.1 Å². The summed E-state index contributed by atoms with van der Waals surface area (Å²) in [5.41, 5.74) is 4.72. The molecular weight excluding hydrogens is 334 g/mol. The topological polar surface area (TPSA) is 12.0 Å². The van der Waals surface area contributed by atoms with Crippen LogP contribution in [0.25, 0.3) is 31.3 Å². The Morgan fingerprint density at radius 1 is 0.577 bits per heavy atom. The smallest absolute Gasteiger partial charge is 0.0590 e. The molecule has 0 spiro atoms. The van der Waals surface area contributed by atoms with Crippen LogP contribution in [0.3, 0.4) is 0 Å². The van der Waals surface area contributed by atoms with E-state index in [2.05, 4.69) is 96.3 Å². The van der Waals surface area contributed by atoms with Gasteiger partial charge in [-0.05, 0) is 35.4 Å². The zero-order valence-corrected chi connectivity index (χ0v) is 15.0. The van der Waals surface area contributed by atoms with Gasteiger partial charge in [0, 0.05) is 21.2 Å². The average molecular weight is 351 g/mol. The lowest BCUT2D eigenvalue weighted by Gasteiger charge is -2.10. The van der Waals surface area contributed by atoms with Gasteiger partial charge in [-0.25, -0.2) is 0 Å². The van der Waals surface area contributed by atoms with Gasteiger partial charge < -0.3 is 5.32 Å². The number of anilines is 2. The molecule has 1 aromatic heterocycles. The number of nitrogens with one attached hydrogen (secondary N) is 1. The van der Waals surface area contributed by atoms with Gasteiger partial charge in [0.25, 0.3) is 0 Å². The molecule has 0 unspecified atom stereocenters. The maximum Gasteiger partial charge on any atom is 0.0590 e. The van der Waals surface area contributed by atoms with Gasteiger partial charge in [0.15, 0.2) is 0 Å². The third kappa shape index (κ3) is 2.65. The normalized spacial score (nSPS) is 11.1. The monoisotopic (exact) mass is 351 g/mol. The number of hydrogen-bond donors (Lipinski definition) is 1.